The Morgan fingerprint density at radius 1 is 1.67 bits per heavy atom. The normalized spacial score (nSPS) is 13.4. The van der Waals surface area contributed by atoms with E-state index in [1.807, 2.05) is 4.72 Å². The Hall–Kier alpha value is -1.45. The van der Waals surface area contributed by atoms with Crippen LogP contribution in [0.4, 0.5) is 0 Å². The first-order valence-electron chi connectivity index (χ1n) is 5.13. The standard InChI is InChI=1S/C9H15N3O5S/c1-7(9(13)14)11-18(15,16)8-5-10-12(6-8)3-4-17-2/h5-7,11H,3-4H2,1-2H3,(H,13,14). The number of carboxylic acids is 1. The van der Waals surface area contributed by atoms with Crippen LogP contribution in [0.3, 0.4) is 0 Å². The fraction of sp³-hybridized carbons (Fsp3) is 0.556. The van der Waals surface area contributed by atoms with Gasteiger partial charge in [0.1, 0.15) is 10.9 Å². The number of methoxy groups -OCH3 is 1. The van der Waals surface area contributed by atoms with Gasteiger partial charge < -0.3 is 9.84 Å². The Balaban J connectivity index is 2.79. The van der Waals surface area contributed by atoms with E-state index in [0.29, 0.717) is 13.2 Å². The minimum Gasteiger partial charge on any atom is -0.480 e. The second-order valence-electron chi connectivity index (χ2n) is 3.61. The van der Waals surface area contributed by atoms with Gasteiger partial charge in [0.15, 0.2) is 0 Å². The number of ether oxygens (including phenoxy) is 1. The second-order valence-corrected chi connectivity index (χ2v) is 5.33. The fourth-order valence-corrected chi connectivity index (χ4v) is 2.29. The van der Waals surface area contributed by atoms with E-state index in [9.17, 15) is 13.2 Å². The Morgan fingerprint density at radius 2 is 2.33 bits per heavy atom. The zero-order valence-corrected chi connectivity index (χ0v) is 10.8. The molecule has 102 valence electrons. The SMILES string of the molecule is COCCn1cc(S(=O)(=O)NC(C)C(=O)O)cn1. The first kappa shape index (κ1) is 14.6. The Bertz CT molecular complexity index is 510. The van der Waals surface area contributed by atoms with Gasteiger partial charge in [-0.1, -0.05) is 0 Å². The van der Waals surface area contributed by atoms with Crippen LogP contribution in [-0.4, -0.2) is 49.0 Å². The van der Waals surface area contributed by atoms with Crippen LogP contribution in [0.15, 0.2) is 17.3 Å². The fourth-order valence-electron chi connectivity index (χ4n) is 1.14. The molecule has 1 atom stereocenters. The van der Waals surface area contributed by atoms with Gasteiger partial charge >= 0.3 is 5.97 Å². The van der Waals surface area contributed by atoms with Gasteiger partial charge in [-0.25, -0.2) is 8.42 Å². The Kier molecular flexibility index (Phi) is 4.82. The van der Waals surface area contributed by atoms with Gasteiger partial charge in [0.05, 0.1) is 19.3 Å². The lowest BCUT2D eigenvalue weighted by molar-refractivity contribution is -0.138. The van der Waals surface area contributed by atoms with E-state index < -0.39 is 22.0 Å². The summed E-state index contributed by atoms with van der Waals surface area (Å²) in [5.74, 6) is -1.25. The highest BCUT2D eigenvalue weighted by atomic mass is 32.2. The van der Waals surface area contributed by atoms with Crippen molar-refractivity contribution in [3.05, 3.63) is 12.4 Å². The van der Waals surface area contributed by atoms with Crippen molar-refractivity contribution in [3.63, 3.8) is 0 Å². The average Bonchev–Trinajstić information content (AvgIpc) is 2.74. The summed E-state index contributed by atoms with van der Waals surface area (Å²) in [4.78, 5) is 10.5. The molecule has 9 heteroatoms. The van der Waals surface area contributed by atoms with Gasteiger partial charge in [-0.3, -0.25) is 9.48 Å². The highest BCUT2D eigenvalue weighted by Gasteiger charge is 2.22. The quantitative estimate of drug-likeness (QED) is 0.680. The first-order chi connectivity index (χ1) is 8.36. The minimum absolute atomic E-state index is 0.0771. The number of rotatable bonds is 7. The number of aliphatic carboxylic acids is 1. The predicted molar refractivity (Wildman–Crippen MR) is 61.5 cm³/mol. The minimum atomic E-state index is -3.86. The average molecular weight is 277 g/mol. The van der Waals surface area contributed by atoms with Crippen LogP contribution >= 0.6 is 0 Å². The van der Waals surface area contributed by atoms with Crippen LogP contribution in [0.2, 0.25) is 0 Å². The van der Waals surface area contributed by atoms with Gasteiger partial charge in [0.25, 0.3) is 0 Å². The van der Waals surface area contributed by atoms with E-state index in [0.717, 1.165) is 6.20 Å². The van der Waals surface area contributed by atoms with Crippen LogP contribution in [0, 0.1) is 0 Å². The van der Waals surface area contributed by atoms with E-state index in [4.69, 9.17) is 9.84 Å². The first-order valence-corrected chi connectivity index (χ1v) is 6.61. The van der Waals surface area contributed by atoms with Crippen molar-refractivity contribution in [2.45, 2.75) is 24.4 Å². The molecule has 1 unspecified atom stereocenters. The second kappa shape index (κ2) is 5.94. The number of carbonyl (C=O) groups is 1. The zero-order valence-electron chi connectivity index (χ0n) is 10.0. The number of sulfonamides is 1. The number of carboxylic acid groups (broad SMARTS) is 1. The van der Waals surface area contributed by atoms with Crippen LogP contribution < -0.4 is 4.72 Å². The van der Waals surface area contributed by atoms with E-state index in [2.05, 4.69) is 5.10 Å². The molecule has 18 heavy (non-hydrogen) atoms. The summed E-state index contributed by atoms with van der Waals surface area (Å²) in [6.45, 7) is 2.07. The maximum atomic E-state index is 11.8. The Morgan fingerprint density at radius 3 is 2.89 bits per heavy atom. The maximum absolute atomic E-state index is 11.8. The molecule has 0 bridgehead atoms. The third kappa shape index (κ3) is 3.79. The van der Waals surface area contributed by atoms with Gasteiger partial charge in [-0.15, -0.1) is 0 Å². The van der Waals surface area contributed by atoms with Crippen molar-refractivity contribution in [1.82, 2.24) is 14.5 Å². The molecule has 0 aliphatic carbocycles. The highest BCUT2D eigenvalue weighted by molar-refractivity contribution is 7.89. The molecule has 0 radical (unpaired) electrons. The molecule has 0 amide bonds. The van der Waals surface area contributed by atoms with E-state index in [1.54, 1.807) is 0 Å². The van der Waals surface area contributed by atoms with E-state index >= 15 is 0 Å². The van der Waals surface area contributed by atoms with E-state index in [1.165, 1.54) is 24.9 Å². The van der Waals surface area contributed by atoms with Gasteiger partial charge in [0, 0.05) is 13.3 Å². The molecule has 1 rings (SSSR count). The molecule has 0 fully saturated rings. The van der Waals surface area contributed by atoms with Crippen LogP contribution in [0.5, 0.6) is 0 Å². The number of nitrogens with one attached hydrogen (secondary N) is 1. The summed E-state index contributed by atoms with van der Waals surface area (Å²) in [6.07, 6.45) is 2.47. The largest absolute Gasteiger partial charge is 0.480 e. The van der Waals surface area contributed by atoms with E-state index in [-0.39, 0.29) is 4.90 Å². The molecule has 0 aromatic carbocycles. The number of hydrogen-bond donors (Lipinski definition) is 2. The molecule has 0 aliphatic rings. The molecule has 1 heterocycles. The van der Waals surface area contributed by atoms with Gasteiger partial charge in [-0.2, -0.15) is 9.82 Å². The van der Waals surface area contributed by atoms with Crippen molar-refractivity contribution in [2.24, 2.45) is 0 Å². The topological polar surface area (TPSA) is 111 Å². The number of nitrogens with zero attached hydrogens (tertiary/aromatic N) is 2. The summed E-state index contributed by atoms with van der Waals surface area (Å²) in [6, 6.07) is -1.20. The summed E-state index contributed by atoms with van der Waals surface area (Å²) < 4.78 is 31.8. The van der Waals surface area contributed by atoms with Crippen LogP contribution in [0.25, 0.3) is 0 Å². The predicted octanol–water partition coefficient (Wildman–Crippen LogP) is -0.719. The van der Waals surface area contributed by atoms with Crippen molar-refractivity contribution in [1.29, 1.82) is 0 Å². The summed E-state index contributed by atoms with van der Waals surface area (Å²) in [5, 5.41) is 12.5. The molecule has 8 nitrogen and oxygen atoms in total. The zero-order chi connectivity index (χ0) is 13.8. The smallest absolute Gasteiger partial charge is 0.321 e. The van der Waals surface area contributed by atoms with Gasteiger partial charge in [-0.05, 0) is 6.92 Å². The third-order valence-electron chi connectivity index (χ3n) is 2.15. The molecule has 0 aliphatic heterocycles. The molecule has 1 aromatic rings. The number of aromatic nitrogens is 2. The molecule has 0 spiro atoms. The lowest BCUT2D eigenvalue weighted by Crippen LogP contribution is -2.38. The van der Waals surface area contributed by atoms with Crippen LogP contribution in [0.1, 0.15) is 6.92 Å². The van der Waals surface area contributed by atoms with Gasteiger partial charge in [0.2, 0.25) is 10.0 Å². The van der Waals surface area contributed by atoms with Crippen molar-refractivity contribution in [2.75, 3.05) is 13.7 Å². The lowest BCUT2D eigenvalue weighted by atomic mass is 10.4. The lowest BCUT2D eigenvalue weighted by Gasteiger charge is -2.08. The van der Waals surface area contributed by atoms with Crippen molar-refractivity contribution < 1.29 is 23.1 Å². The van der Waals surface area contributed by atoms with Crippen molar-refractivity contribution >= 4 is 16.0 Å². The molecule has 2 N–H and O–H groups in total. The molecule has 0 saturated carbocycles. The molecular formula is C9H15N3O5S. The molecule has 1 aromatic heterocycles. The number of hydrogen-bond acceptors (Lipinski definition) is 5. The Labute approximate surface area is 105 Å². The summed E-state index contributed by atoms with van der Waals surface area (Å²) in [7, 11) is -2.34. The highest BCUT2D eigenvalue weighted by Crippen LogP contribution is 2.07. The summed E-state index contributed by atoms with van der Waals surface area (Å²) >= 11 is 0. The maximum Gasteiger partial charge on any atom is 0.321 e. The molecular weight excluding hydrogens is 262 g/mol. The van der Waals surface area contributed by atoms with Crippen LogP contribution in [-0.2, 0) is 26.1 Å². The molecule has 0 saturated heterocycles. The monoisotopic (exact) mass is 277 g/mol. The van der Waals surface area contributed by atoms with Crippen molar-refractivity contribution in [3.8, 4) is 0 Å². The third-order valence-corrected chi connectivity index (χ3v) is 3.64. The summed E-state index contributed by atoms with van der Waals surface area (Å²) in [5.41, 5.74) is 0.